The number of para-hydroxylation sites is 1. The number of nitrogens with one attached hydrogen (secondary N) is 1. The molecule has 1 aromatic carbocycles. The van der Waals surface area contributed by atoms with Gasteiger partial charge in [0.15, 0.2) is 11.5 Å². The number of ether oxygens (including phenoxy) is 1. The van der Waals surface area contributed by atoms with Crippen LogP contribution >= 0.6 is 0 Å². The molecule has 0 saturated carbocycles. The van der Waals surface area contributed by atoms with E-state index in [9.17, 15) is 14.4 Å². The predicted octanol–water partition coefficient (Wildman–Crippen LogP) is 2.33. The van der Waals surface area contributed by atoms with Crippen LogP contribution in [0.3, 0.4) is 0 Å². The first-order valence-electron chi connectivity index (χ1n) is 8.33. The molecular weight excluding hydrogens is 350 g/mol. The highest BCUT2D eigenvalue weighted by Gasteiger charge is 2.23. The van der Waals surface area contributed by atoms with Crippen molar-refractivity contribution in [1.82, 2.24) is 9.78 Å². The van der Waals surface area contributed by atoms with Crippen molar-refractivity contribution in [1.29, 1.82) is 0 Å². The Morgan fingerprint density at radius 3 is 2.63 bits per heavy atom. The molecule has 3 rings (SSSR count). The number of esters is 1. The van der Waals surface area contributed by atoms with E-state index in [1.54, 1.807) is 42.9 Å². The molecule has 0 aliphatic carbocycles. The smallest absolute Gasteiger partial charge is 0.375 e. The molecule has 0 spiro atoms. The molecule has 2 heterocycles. The van der Waals surface area contributed by atoms with Gasteiger partial charge in [-0.05, 0) is 32.9 Å². The number of benzene rings is 1. The number of anilines is 1. The second-order valence-corrected chi connectivity index (χ2v) is 6.18. The van der Waals surface area contributed by atoms with Crippen molar-refractivity contribution >= 4 is 28.5 Å². The molecule has 0 aliphatic rings. The lowest BCUT2D eigenvalue weighted by Gasteiger charge is -2.13. The van der Waals surface area contributed by atoms with Gasteiger partial charge in [0.2, 0.25) is 5.76 Å². The fourth-order valence-corrected chi connectivity index (χ4v) is 2.66. The van der Waals surface area contributed by atoms with Gasteiger partial charge in [-0.1, -0.05) is 12.1 Å². The van der Waals surface area contributed by atoms with Crippen LogP contribution in [-0.2, 0) is 16.6 Å². The summed E-state index contributed by atoms with van der Waals surface area (Å²) in [6, 6.07) is 7.63. The lowest BCUT2D eigenvalue weighted by Crippen LogP contribution is -2.30. The molecule has 8 heteroatoms. The van der Waals surface area contributed by atoms with Crippen molar-refractivity contribution in [3.63, 3.8) is 0 Å². The van der Waals surface area contributed by atoms with Gasteiger partial charge in [0.25, 0.3) is 5.91 Å². The molecule has 0 unspecified atom stereocenters. The van der Waals surface area contributed by atoms with Gasteiger partial charge in [-0.2, -0.15) is 5.10 Å². The zero-order valence-corrected chi connectivity index (χ0v) is 15.4. The van der Waals surface area contributed by atoms with Crippen LogP contribution in [0.25, 0.3) is 11.0 Å². The summed E-state index contributed by atoms with van der Waals surface area (Å²) in [6.07, 6.45) is -1.09. The molecule has 0 saturated heterocycles. The average molecular weight is 369 g/mol. The largest absolute Gasteiger partial charge is 0.449 e. The van der Waals surface area contributed by atoms with E-state index < -0.39 is 18.0 Å². The van der Waals surface area contributed by atoms with Crippen molar-refractivity contribution < 1.29 is 18.7 Å². The summed E-state index contributed by atoms with van der Waals surface area (Å²) < 4.78 is 12.2. The van der Waals surface area contributed by atoms with E-state index >= 15 is 0 Å². The number of carbonyl (C=O) groups is 2. The van der Waals surface area contributed by atoms with Crippen molar-refractivity contribution in [2.75, 3.05) is 5.32 Å². The second-order valence-electron chi connectivity index (χ2n) is 6.18. The minimum atomic E-state index is -1.09. The van der Waals surface area contributed by atoms with Crippen LogP contribution in [0.4, 0.5) is 5.69 Å². The number of aromatic nitrogens is 2. The van der Waals surface area contributed by atoms with E-state index in [4.69, 9.17) is 9.15 Å². The Morgan fingerprint density at radius 2 is 1.96 bits per heavy atom. The molecule has 3 aromatic rings. The number of hydrogen-bond donors (Lipinski definition) is 1. The quantitative estimate of drug-likeness (QED) is 0.708. The first-order chi connectivity index (χ1) is 12.8. The third kappa shape index (κ3) is 3.59. The molecule has 27 heavy (non-hydrogen) atoms. The highest BCUT2D eigenvalue weighted by atomic mass is 16.6. The zero-order chi connectivity index (χ0) is 19.7. The van der Waals surface area contributed by atoms with E-state index in [1.807, 2.05) is 6.92 Å². The van der Waals surface area contributed by atoms with Gasteiger partial charge in [0.05, 0.1) is 22.5 Å². The van der Waals surface area contributed by atoms with Crippen LogP contribution in [0, 0.1) is 13.8 Å². The van der Waals surface area contributed by atoms with E-state index in [2.05, 4.69) is 10.4 Å². The molecular formula is C19H19N3O5. The van der Waals surface area contributed by atoms with Crippen LogP contribution in [0.1, 0.15) is 28.9 Å². The van der Waals surface area contributed by atoms with Gasteiger partial charge in [-0.25, -0.2) is 4.79 Å². The molecule has 0 fully saturated rings. The molecule has 0 bridgehead atoms. The number of rotatable bonds is 4. The zero-order valence-electron chi connectivity index (χ0n) is 15.4. The summed E-state index contributed by atoms with van der Waals surface area (Å²) in [6.45, 7) is 5.02. The summed E-state index contributed by atoms with van der Waals surface area (Å²) in [5, 5.41) is 7.28. The van der Waals surface area contributed by atoms with Crippen molar-refractivity contribution in [3.8, 4) is 0 Å². The number of hydrogen-bond acceptors (Lipinski definition) is 6. The Bertz CT molecular complexity index is 1100. The molecule has 140 valence electrons. The van der Waals surface area contributed by atoms with E-state index in [1.165, 1.54) is 6.92 Å². The summed E-state index contributed by atoms with van der Waals surface area (Å²) in [7, 11) is 1.77. The summed E-state index contributed by atoms with van der Waals surface area (Å²) in [5.41, 5.74) is 1.92. The van der Waals surface area contributed by atoms with Crippen LogP contribution in [0.5, 0.6) is 0 Å². The highest BCUT2D eigenvalue weighted by molar-refractivity contribution is 5.97. The number of fused-ring (bicyclic) bond motifs is 1. The van der Waals surface area contributed by atoms with Gasteiger partial charge >= 0.3 is 5.97 Å². The maximum Gasteiger partial charge on any atom is 0.375 e. The average Bonchev–Trinajstić information content (AvgIpc) is 2.87. The van der Waals surface area contributed by atoms with Crippen molar-refractivity contribution in [2.24, 2.45) is 7.05 Å². The van der Waals surface area contributed by atoms with Gasteiger partial charge in [0.1, 0.15) is 5.58 Å². The Hall–Kier alpha value is -3.42. The van der Waals surface area contributed by atoms with E-state index in [0.29, 0.717) is 16.8 Å². The van der Waals surface area contributed by atoms with Crippen molar-refractivity contribution in [3.05, 3.63) is 57.7 Å². The summed E-state index contributed by atoms with van der Waals surface area (Å²) in [5.74, 6) is -1.65. The summed E-state index contributed by atoms with van der Waals surface area (Å²) in [4.78, 5) is 36.7. The SMILES string of the molecule is Cc1nn(C)c(C)c1NC(=O)[C@@H](C)OC(=O)c1cc(=O)c2ccccc2o1. The lowest BCUT2D eigenvalue weighted by atomic mass is 10.2. The van der Waals surface area contributed by atoms with Crippen LogP contribution in [-0.4, -0.2) is 27.8 Å². The Balaban J connectivity index is 1.75. The lowest BCUT2D eigenvalue weighted by molar-refractivity contribution is -0.123. The third-order valence-electron chi connectivity index (χ3n) is 4.25. The number of carbonyl (C=O) groups excluding carboxylic acids is 2. The number of amides is 1. The van der Waals surface area contributed by atoms with Crippen LogP contribution in [0.2, 0.25) is 0 Å². The van der Waals surface area contributed by atoms with Crippen LogP contribution in [0.15, 0.2) is 39.5 Å². The Morgan fingerprint density at radius 1 is 1.26 bits per heavy atom. The minimum Gasteiger partial charge on any atom is -0.449 e. The predicted molar refractivity (Wildman–Crippen MR) is 98.7 cm³/mol. The maximum atomic E-state index is 12.4. The topological polar surface area (TPSA) is 103 Å². The Kier molecular flexibility index (Phi) is 4.81. The highest BCUT2D eigenvalue weighted by Crippen LogP contribution is 2.19. The van der Waals surface area contributed by atoms with E-state index in [-0.39, 0.29) is 16.8 Å². The van der Waals surface area contributed by atoms with Gasteiger partial charge < -0.3 is 14.5 Å². The Labute approximate surface area is 154 Å². The first-order valence-corrected chi connectivity index (χ1v) is 8.33. The normalized spacial score (nSPS) is 12.0. The molecule has 0 radical (unpaired) electrons. The third-order valence-corrected chi connectivity index (χ3v) is 4.25. The van der Waals surface area contributed by atoms with Crippen LogP contribution < -0.4 is 10.7 Å². The minimum absolute atomic E-state index is 0.257. The maximum absolute atomic E-state index is 12.4. The first kappa shape index (κ1) is 18.4. The number of nitrogens with zero attached hydrogens (tertiary/aromatic N) is 2. The fourth-order valence-electron chi connectivity index (χ4n) is 2.66. The molecule has 2 aromatic heterocycles. The van der Waals surface area contributed by atoms with Gasteiger partial charge in [0, 0.05) is 13.1 Å². The van der Waals surface area contributed by atoms with Gasteiger partial charge in [-0.15, -0.1) is 0 Å². The monoisotopic (exact) mass is 369 g/mol. The van der Waals surface area contributed by atoms with Crippen molar-refractivity contribution in [2.45, 2.75) is 26.9 Å². The standard InChI is InChI=1S/C19H19N3O5/c1-10-17(11(2)22(4)21-10)20-18(24)12(3)26-19(25)16-9-14(23)13-7-5-6-8-15(13)27-16/h5-9,12H,1-4H3,(H,20,24)/t12-/m1/s1. The summed E-state index contributed by atoms with van der Waals surface area (Å²) >= 11 is 0. The molecule has 1 amide bonds. The fraction of sp³-hybridized carbons (Fsp3) is 0.263. The molecule has 1 atom stereocenters. The molecule has 1 N–H and O–H groups in total. The molecule has 8 nitrogen and oxygen atoms in total. The van der Waals surface area contributed by atoms with Gasteiger partial charge in [-0.3, -0.25) is 14.3 Å². The molecule has 0 aliphatic heterocycles. The number of aryl methyl sites for hydroxylation is 2. The second kappa shape index (κ2) is 7.06. The van der Waals surface area contributed by atoms with E-state index in [0.717, 1.165) is 11.8 Å².